The fraction of sp³-hybridized carbons (Fsp3) is 0.250. The molecule has 0 spiro atoms. The number of anilines is 1. The second-order valence-electron chi connectivity index (χ2n) is 6.62. The summed E-state index contributed by atoms with van der Waals surface area (Å²) in [5, 5.41) is 26.8. The number of carbonyl (C=O) groups excluding carboxylic acids is 1. The number of rotatable bonds is 7. The first-order valence-electron chi connectivity index (χ1n) is 9.70. The average Bonchev–Trinajstić information content (AvgIpc) is 3.46. The molecule has 1 amide bonds. The Morgan fingerprint density at radius 3 is 2.47 bits per heavy atom. The molecule has 2 aromatic heterocycles. The first-order chi connectivity index (χ1) is 14.7. The van der Waals surface area contributed by atoms with E-state index in [9.17, 15) is 4.79 Å². The third-order valence-corrected chi connectivity index (χ3v) is 4.74. The van der Waals surface area contributed by atoms with Crippen molar-refractivity contribution in [2.24, 2.45) is 0 Å². The molecule has 152 valence electrons. The van der Waals surface area contributed by atoms with Crippen molar-refractivity contribution in [3.8, 4) is 17.1 Å². The van der Waals surface area contributed by atoms with E-state index in [4.69, 9.17) is 0 Å². The highest BCUT2D eigenvalue weighted by Gasteiger charge is 2.15. The van der Waals surface area contributed by atoms with Crippen LogP contribution in [0.3, 0.4) is 0 Å². The van der Waals surface area contributed by atoms with Crippen molar-refractivity contribution >= 4 is 11.6 Å². The molecule has 30 heavy (non-hydrogen) atoms. The number of nitrogens with zero attached hydrogens (tertiary/aromatic N) is 8. The first kappa shape index (κ1) is 19.4. The molecule has 0 aliphatic carbocycles. The minimum Gasteiger partial charge on any atom is -0.324 e. The molecule has 2 heterocycles. The number of aromatic nitrogens is 8. The zero-order valence-corrected chi connectivity index (χ0v) is 16.7. The molecule has 0 fully saturated rings. The lowest BCUT2D eigenvalue weighted by Gasteiger charge is -2.14. The van der Waals surface area contributed by atoms with Gasteiger partial charge in [0.2, 0.25) is 11.7 Å². The van der Waals surface area contributed by atoms with Crippen LogP contribution >= 0.6 is 0 Å². The molecule has 1 N–H and O–H groups in total. The number of nitrogens with one attached hydrogen (secondary N) is 1. The van der Waals surface area contributed by atoms with E-state index in [-0.39, 0.29) is 12.5 Å². The number of aryl methyl sites for hydroxylation is 2. The monoisotopic (exact) mass is 403 g/mol. The molecule has 0 aliphatic heterocycles. The third kappa shape index (κ3) is 3.93. The molecule has 4 rings (SSSR count). The Morgan fingerprint density at radius 1 is 1.00 bits per heavy atom. The Labute approximate surface area is 172 Å². The number of benzene rings is 2. The molecule has 0 aliphatic rings. The van der Waals surface area contributed by atoms with E-state index in [1.165, 1.54) is 15.8 Å². The van der Waals surface area contributed by atoms with E-state index in [1.54, 1.807) is 0 Å². The van der Waals surface area contributed by atoms with Gasteiger partial charge < -0.3 is 5.32 Å². The lowest BCUT2D eigenvalue weighted by Crippen LogP contribution is -2.22. The minimum atomic E-state index is -0.205. The third-order valence-electron chi connectivity index (χ3n) is 4.74. The molecule has 10 nitrogen and oxygen atoms in total. The summed E-state index contributed by atoms with van der Waals surface area (Å²) in [6.45, 7) is 4.09. The molecule has 0 atom stereocenters. The standard InChI is InChI=1S/C20H21N9O/c1-3-14-8-7-9-15(4-2)19(14)22-18(30)12-29-24-20(23-26-29)16-10-5-6-11-17(16)28-13-21-25-27-28/h5-11,13H,3-4,12H2,1-2H3,(H,22,30). The van der Waals surface area contributed by atoms with Gasteiger partial charge in [0.25, 0.3) is 0 Å². The van der Waals surface area contributed by atoms with Crippen molar-refractivity contribution < 1.29 is 4.79 Å². The quantitative estimate of drug-likeness (QED) is 0.502. The molecule has 0 radical (unpaired) electrons. The summed E-state index contributed by atoms with van der Waals surface area (Å²) in [6.07, 6.45) is 3.17. The highest BCUT2D eigenvalue weighted by molar-refractivity contribution is 5.92. The van der Waals surface area contributed by atoms with Gasteiger partial charge in [-0.25, -0.2) is 0 Å². The van der Waals surface area contributed by atoms with Crippen molar-refractivity contribution in [1.29, 1.82) is 0 Å². The maximum Gasteiger partial charge on any atom is 0.248 e. The SMILES string of the molecule is CCc1cccc(CC)c1NC(=O)Cn1nnc(-c2ccccc2-n2cnnn2)n1. The highest BCUT2D eigenvalue weighted by atomic mass is 16.2. The predicted molar refractivity (Wildman–Crippen MR) is 110 cm³/mol. The predicted octanol–water partition coefficient (Wildman–Crippen LogP) is 2.08. The largest absolute Gasteiger partial charge is 0.324 e. The Bertz CT molecular complexity index is 1130. The van der Waals surface area contributed by atoms with E-state index < -0.39 is 0 Å². The summed E-state index contributed by atoms with van der Waals surface area (Å²) in [5.74, 6) is 0.181. The van der Waals surface area contributed by atoms with Crippen LogP contribution in [0.15, 0.2) is 48.8 Å². The number of hydrogen-bond acceptors (Lipinski definition) is 7. The number of para-hydroxylation sites is 2. The zero-order chi connectivity index (χ0) is 20.9. The van der Waals surface area contributed by atoms with E-state index in [0.717, 1.165) is 35.3 Å². The smallest absolute Gasteiger partial charge is 0.248 e. The number of tetrazole rings is 2. The van der Waals surface area contributed by atoms with Crippen LogP contribution in [0.5, 0.6) is 0 Å². The molecule has 0 bridgehead atoms. The molecular weight excluding hydrogens is 382 g/mol. The van der Waals surface area contributed by atoms with Gasteiger partial charge in [-0.3, -0.25) is 4.79 Å². The van der Waals surface area contributed by atoms with E-state index in [0.29, 0.717) is 11.4 Å². The Kier molecular flexibility index (Phi) is 5.55. The van der Waals surface area contributed by atoms with Crippen LogP contribution in [0, 0.1) is 0 Å². The summed E-state index contributed by atoms with van der Waals surface area (Å²) in [4.78, 5) is 13.9. The normalized spacial score (nSPS) is 10.9. The van der Waals surface area contributed by atoms with Gasteiger partial charge in [-0.1, -0.05) is 44.2 Å². The van der Waals surface area contributed by atoms with Crippen LogP contribution in [-0.2, 0) is 24.2 Å². The highest BCUT2D eigenvalue weighted by Crippen LogP contribution is 2.23. The van der Waals surface area contributed by atoms with Crippen LogP contribution in [0.4, 0.5) is 5.69 Å². The van der Waals surface area contributed by atoms with E-state index in [1.807, 2.05) is 42.5 Å². The summed E-state index contributed by atoms with van der Waals surface area (Å²) in [6, 6.07) is 13.5. The van der Waals surface area contributed by atoms with Crippen LogP contribution in [-0.4, -0.2) is 46.3 Å². The molecule has 2 aromatic carbocycles. The lowest BCUT2D eigenvalue weighted by atomic mass is 10.0. The number of hydrogen-bond donors (Lipinski definition) is 1. The lowest BCUT2D eigenvalue weighted by molar-refractivity contribution is -0.117. The van der Waals surface area contributed by atoms with Crippen molar-refractivity contribution in [2.45, 2.75) is 33.2 Å². The van der Waals surface area contributed by atoms with Gasteiger partial charge >= 0.3 is 0 Å². The van der Waals surface area contributed by atoms with Gasteiger partial charge in [-0.2, -0.15) is 9.48 Å². The van der Waals surface area contributed by atoms with Crippen LogP contribution in [0.2, 0.25) is 0 Å². The van der Waals surface area contributed by atoms with Gasteiger partial charge in [-0.15, -0.1) is 15.3 Å². The number of carbonyl (C=O) groups is 1. The molecular formula is C20H21N9O. The van der Waals surface area contributed by atoms with Crippen molar-refractivity contribution in [3.05, 3.63) is 59.9 Å². The molecule has 10 heteroatoms. The second-order valence-corrected chi connectivity index (χ2v) is 6.62. The second kappa shape index (κ2) is 8.60. The van der Waals surface area contributed by atoms with Crippen LogP contribution in [0.25, 0.3) is 17.1 Å². The van der Waals surface area contributed by atoms with Gasteiger partial charge in [0.1, 0.15) is 12.9 Å². The summed E-state index contributed by atoms with van der Waals surface area (Å²) in [5.41, 5.74) is 4.50. The van der Waals surface area contributed by atoms with E-state index >= 15 is 0 Å². The molecule has 0 saturated carbocycles. The maximum absolute atomic E-state index is 12.6. The average molecular weight is 403 g/mol. The van der Waals surface area contributed by atoms with Gasteiger partial charge in [0.05, 0.1) is 5.69 Å². The summed E-state index contributed by atoms with van der Waals surface area (Å²) >= 11 is 0. The summed E-state index contributed by atoms with van der Waals surface area (Å²) < 4.78 is 1.52. The summed E-state index contributed by atoms with van der Waals surface area (Å²) in [7, 11) is 0. The Morgan fingerprint density at radius 2 is 1.77 bits per heavy atom. The minimum absolute atomic E-state index is 0.0404. The van der Waals surface area contributed by atoms with Gasteiger partial charge in [0, 0.05) is 11.3 Å². The van der Waals surface area contributed by atoms with Crippen molar-refractivity contribution in [1.82, 2.24) is 40.4 Å². The zero-order valence-electron chi connectivity index (χ0n) is 16.7. The molecule has 4 aromatic rings. The fourth-order valence-electron chi connectivity index (χ4n) is 3.26. The van der Waals surface area contributed by atoms with Crippen LogP contribution < -0.4 is 5.32 Å². The fourth-order valence-corrected chi connectivity index (χ4v) is 3.26. The van der Waals surface area contributed by atoms with Crippen molar-refractivity contribution in [3.63, 3.8) is 0 Å². The molecule has 0 saturated heterocycles. The van der Waals surface area contributed by atoms with Gasteiger partial charge in [-0.05, 0) is 51.7 Å². The van der Waals surface area contributed by atoms with Crippen LogP contribution in [0.1, 0.15) is 25.0 Å². The Balaban J connectivity index is 1.54. The van der Waals surface area contributed by atoms with E-state index in [2.05, 4.69) is 50.1 Å². The maximum atomic E-state index is 12.6. The topological polar surface area (TPSA) is 116 Å². The van der Waals surface area contributed by atoms with Crippen molar-refractivity contribution in [2.75, 3.05) is 5.32 Å². The first-order valence-corrected chi connectivity index (χ1v) is 9.70. The van der Waals surface area contributed by atoms with Gasteiger partial charge in [0.15, 0.2) is 0 Å². The Hall–Kier alpha value is -3.95. The number of amides is 1. The molecule has 0 unspecified atom stereocenters.